The minimum atomic E-state index is -0.314. The predicted molar refractivity (Wildman–Crippen MR) is 85.2 cm³/mol. The van der Waals surface area contributed by atoms with Crippen LogP contribution in [0.1, 0.15) is 23.7 Å². The van der Waals surface area contributed by atoms with Crippen molar-refractivity contribution in [1.29, 1.82) is 0 Å². The van der Waals surface area contributed by atoms with Gasteiger partial charge >= 0.3 is 0 Å². The molecular formula is C14H14Cl2N4O. The summed E-state index contributed by atoms with van der Waals surface area (Å²) < 4.78 is 0. The number of rotatable bonds is 5. The molecule has 7 heteroatoms. The van der Waals surface area contributed by atoms with Gasteiger partial charge in [-0.2, -0.15) is 0 Å². The molecule has 0 aliphatic heterocycles. The second kappa shape index (κ2) is 7.24. The molecule has 21 heavy (non-hydrogen) atoms. The van der Waals surface area contributed by atoms with E-state index in [1.165, 1.54) is 6.33 Å². The Morgan fingerprint density at radius 2 is 2.00 bits per heavy atom. The first-order valence-corrected chi connectivity index (χ1v) is 7.19. The number of nitrogens with one attached hydrogen (secondary N) is 2. The number of carbonyl (C=O) groups excluding carboxylic acids is 1. The fourth-order valence-corrected chi connectivity index (χ4v) is 1.98. The number of carbonyl (C=O) groups is 1. The van der Waals surface area contributed by atoms with Crippen molar-refractivity contribution in [3.05, 3.63) is 46.3 Å². The molecule has 110 valence electrons. The molecule has 1 amide bonds. The second-order valence-corrected chi connectivity index (χ2v) is 4.99. The predicted octanol–water partition coefficient (Wildman–Crippen LogP) is 3.86. The lowest BCUT2D eigenvalue weighted by Gasteiger charge is -2.12. The third-order valence-corrected chi connectivity index (χ3v) is 3.46. The summed E-state index contributed by atoms with van der Waals surface area (Å²) in [5.41, 5.74) is 1.27. The molecule has 0 spiro atoms. The number of hydrogen-bond donors (Lipinski definition) is 2. The first kappa shape index (κ1) is 15.5. The Morgan fingerprint density at radius 1 is 1.24 bits per heavy atom. The Labute approximate surface area is 132 Å². The zero-order valence-corrected chi connectivity index (χ0v) is 12.9. The van der Waals surface area contributed by atoms with Crippen molar-refractivity contribution in [2.24, 2.45) is 0 Å². The maximum atomic E-state index is 12.3. The summed E-state index contributed by atoms with van der Waals surface area (Å²) in [6.45, 7) is 2.84. The van der Waals surface area contributed by atoms with Gasteiger partial charge in [0.2, 0.25) is 0 Å². The van der Waals surface area contributed by atoms with Gasteiger partial charge in [0.25, 0.3) is 5.91 Å². The highest BCUT2D eigenvalue weighted by atomic mass is 35.5. The molecule has 5 nitrogen and oxygen atoms in total. The van der Waals surface area contributed by atoms with E-state index in [0.717, 1.165) is 18.7 Å². The molecule has 2 N–H and O–H groups in total. The third-order valence-electron chi connectivity index (χ3n) is 2.72. The topological polar surface area (TPSA) is 66.9 Å². The second-order valence-electron chi connectivity index (χ2n) is 4.25. The molecule has 0 fully saturated rings. The Hall–Kier alpha value is -1.85. The Morgan fingerprint density at radius 3 is 2.76 bits per heavy atom. The smallest absolute Gasteiger partial charge is 0.258 e. The van der Waals surface area contributed by atoms with E-state index < -0.39 is 0 Å². The summed E-state index contributed by atoms with van der Waals surface area (Å²) in [7, 11) is 0. The molecule has 1 aromatic heterocycles. The minimum absolute atomic E-state index is 0.0966. The highest BCUT2D eigenvalue weighted by Crippen LogP contribution is 2.26. The van der Waals surface area contributed by atoms with E-state index in [1.54, 1.807) is 12.1 Å². The number of anilines is 2. The zero-order chi connectivity index (χ0) is 15.2. The fourth-order valence-electron chi connectivity index (χ4n) is 1.71. The molecule has 0 saturated heterocycles. The van der Waals surface area contributed by atoms with Gasteiger partial charge in [-0.1, -0.05) is 42.3 Å². The number of nitrogens with zero attached hydrogens (tertiary/aromatic N) is 2. The highest BCUT2D eigenvalue weighted by Gasteiger charge is 2.14. The van der Waals surface area contributed by atoms with Crippen molar-refractivity contribution >= 4 is 40.6 Å². The van der Waals surface area contributed by atoms with Gasteiger partial charge in [0.05, 0.1) is 5.56 Å². The zero-order valence-electron chi connectivity index (χ0n) is 11.4. The molecule has 0 unspecified atom stereocenters. The third kappa shape index (κ3) is 3.83. The van der Waals surface area contributed by atoms with Crippen LogP contribution in [0.25, 0.3) is 0 Å². The molecule has 2 rings (SSSR count). The van der Waals surface area contributed by atoms with Gasteiger partial charge < -0.3 is 10.6 Å². The largest absolute Gasteiger partial charge is 0.384 e. The van der Waals surface area contributed by atoms with Crippen LogP contribution in [0.3, 0.4) is 0 Å². The highest BCUT2D eigenvalue weighted by molar-refractivity contribution is 6.43. The lowest BCUT2D eigenvalue weighted by Crippen LogP contribution is -2.16. The first-order chi connectivity index (χ1) is 10.1. The van der Waals surface area contributed by atoms with Gasteiger partial charge in [0.1, 0.15) is 11.3 Å². The van der Waals surface area contributed by atoms with E-state index in [9.17, 15) is 4.79 Å². The molecule has 0 aliphatic rings. The molecule has 2 aromatic rings. The number of halogens is 2. The molecule has 0 aliphatic carbocycles. The van der Waals surface area contributed by atoms with Gasteiger partial charge in [-0.25, -0.2) is 9.97 Å². The standard InChI is InChI=1S/C14H14Cl2N4O/c1-2-7-17-10-6-4-3-5-9(10)14(21)20-13-11(15)12(16)18-8-19-13/h3-6,8,17H,2,7H2,1H3,(H,18,19,20,21). The van der Waals surface area contributed by atoms with Crippen LogP contribution in [-0.4, -0.2) is 22.4 Å². The Kier molecular flexibility index (Phi) is 5.36. The number of aromatic nitrogens is 2. The van der Waals surface area contributed by atoms with Crippen LogP contribution in [0.2, 0.25) is 10.2 Å². The van der Waals surface area contributed by atoms with Crippen molar-refractivity contribution in [2.75, 3.05) is 17.2 Å². The fraction of sp³-hybridized carbons (Fsp3) is 0.214. The minimum Gasteiger partial charge on any atom is -0.384 e. The van der Waals surface area contributed by atoms with E-state index >= 15 is 0 Å². The van der Waals surface area contributed by atoms with Gasteiger partial charge in [-0.3, -0.25) is 4.79 Å². The van der Waals surface area contributed by atoms with E-state index in [1.807, 2.05) is 12.1 Å². The van der Waals surface area contributed by atoms with Crippen molar-refractivity contribution in [3.8, 4) is 0 Å². The Balaban J connectivity index is 2.22. The van der Waals surface area contributed by atoms with Gasteiger partial charge in [0.15, 0.2) is 11.0 Å². The molecule has 0 saturated carbocycles. The van der Waals surface area contributed by atoms with Crippen LogP contribution >= 0.6 is 23.2 Å². The van der Waals surface area contributed by atoms with Gasteiger partial charge in [-0.05, 0) is 18.6 Å². The number of hydrogen-bond acceptors (Lipinski definition) is 4. The maximum Gasteiger partial charge on any atom is 0.258 e. The molecule has 1 heterocycles. The summed E-state index contributed by atoms with van der Waals surface area (Å²) in [5, 5.41) is 6.05. The van der Waals surface area contributed by atoms with Crippen molar-refractivity contribution in [3.63, 3.8) is 0 Å². The molecule has 0 radical (unpaired) electrons. The molecule has 0 atom stereocenters. The van der Waals surface area contributed by atoms with E-state index in [-0.39, 0.29) is 21.9 Å². The number of para-hydroxylation sites is 1. The van der Waals surface area contributed by atoms with Crippen molar-refractivity contribution in [1.82, 2.24) is 9.97 Å². The van der Waals surface area contributed by atoms with Crippen LogP contribution in [-0.2, 0) is 0 Å². The number of benzene rings is 1. The summed E-state index contributed by atoms with van der Waals surface area (Å²) in [6.07, 6.45) is 2.20. The average molecular weight is 325 g/mol. The van der Waals surface area contributed by atoms with Crippen molar-refractivity contribution < 1.29 is 4.79 Å². The van der Waals surface area contributed by atoms with Gasteiger partial charge in [0, 0.05) is 12.2 Å². The average Bonchev–Trinajstić information content (AvgIpc) is 2.50. The number of amides is 1. The van der Waals surface area contributed by atoms with Crippen LogP contribution < -0.4 is 10.6 Å². The lowest BCUT2D eigenvalue weighted by molar-refractivity contribution is 0.102. The van der Waals surface area contributed by atoms with Crippen LogP contribution in [0.5, 0.6) is 0 Å². The first-order valence-electron chi connectivity index (χ1n) is 6.43. The Bertz CT molecular complexity index is 649. The van der Waals surface area contributed by atoms with E-state index in [4.69, 9.17) is 23.2 Å². The normalized spacial score (nSPS) is 10.2. The SMILES string of the molecule is CCCNc1ccccc1C(=O)Nc1ncnc(Cl)c1Cl. The lowest BCUT2D eigenvalue weighted by atomic mass is 10.1. The van der Waals surface area contributed by atoms with Crippen LogP contribution in [0.15, 0.2) is 30.6 Å². The quantitative estimate of drug-likeness (QED) is 0.819. The molecule has 0 bridgehead atoms. The van der Waals surface area contributed by atoms with Gasteiger partial charge in [-0.15, -0.1) is 0 Å². The summed E-state index contributed by atoms with van der Waals surface area (Å²) in [5.74, 6) is -0.127. The summed E-state index contributed by atoms with van der Waals surface area (Å²) in [6, 6.07) is 7.23. The molecule has 1 aromatic carbocycles. The van der Waals surface area contributed by atoms with E-state index in [2.05, 4.69) is 27.5 Å². The summed E-state index contributed by atoms with van der Waals surface area (Å²) >= 11 is 11.8. The summed E-state index contributed by atoms with van der Waals surface area (Å²) in [4.78, 5) is 20.0. The maximum absolute atomic E-state index is 12.3. The monoisotopic (exact) mass is 324 g/mol. The van der Waals surface area contributed by atoms with E-state index in [0.29, 0.717) is 5.56 Å². The van der Waals surface area contributed by atoms with Crippen LogP contribution in [0.4, 0.5) is 11.5 Å². The van der Waals surface area contributed by atoms with Crippen LogP contribution in [0, 0.1) is 0 Å². The van der Waals surface area contributed by atoms with Crippen molar-refractivity contribution in [2.45, 2.75) is 13.3 Å². The molecular weight excluding hydrogens is 311 g/mol.